The van der Waals surface area contributed by atoms with Crippen LogP contribution in [0.3, 0.4) is 0 Å². The first-order valence-corrected chi connectivity index (χ1v) is 5.65. The fraction of sp³-hybridized carbons (Fsp3) is 0.500. The summed E-state index contributed by atoms with van der Waals surface area (Å²) < 4.78 is 5.07. The van der Waals surface area contributed by atoms with Crippen molar-refractivity contribution in [1.82, 2.24) is 4.98 Å². The Labute approximate surface area is 102 Å². The number of likely N-dealkylation sites (N-methyl/N-ethyl adjacent to an activating group) is 1. The molecule has 1 heterocycles. The zero-order chi connectivity index (χ0) is 12.8. The van der Waals surface area contributed by atoms with Crippen LogP contribution in [0.5, 0.6) is 0 Å². The molecule has 0 saturated heterocycles. The molecule has 1 rings (SSSR count). The minimum Gasteiger partial charge on any atom is -0.384 e. The summed E-state index contributed by atoms with van der Waals surface area (Å²) in [7, 11) is 1.67. The minimum absolute atomic E-state index is 0.0569. The van der Waals surface area contributed by atoms with Crippen molar-refractivity contribution in [2.75, 3.05) is 31.7 Å². The van der Waals surface area contributed by atoms with Gasteiger partial charge < -0.3 is 15.4 Å². The molecule has 0 spiro atoms. The number of rotatable bonds is 6. The Balaban J connectivity index is 3.09. The first kappa shape index (κ1) is 13.4. The molecule has 0 radical (unpaired) electrons. The maximum absolute atomic E-state index is 7.64. The van der Waals surface area contributed by atoms with Crippen LogP contribution in [0.1, 0.15) is 18.1 Å². The molecule has 0 aliphatic carbocycles. The van der Waals surface area contributed by atoms with Crippen molar-refractivity contribution in [1.29, 1.82) is 5.41 Å². The average Bonchev–Trinajstić information content (AvgIpc) is 2.29. The van der Waals surface area contributed by atoms with Gasteiger partial charge in [-0.1, -0.05) is 0 Å². The van der Waals surface area contributed by atoms with E-state index in [1.165, 1.54) is 0 Å². The van der Waals surface area contributed by atoms with Crippen molar-refractivity contribution in [2.24, 2.45) is 5.73 Å². The highest BCUT2D eigenvalue weighted by Gasteiger charge is 2.15. The van der Waals surface area contributed by atoms with Crippen molar-refractivity contribution >= 4 is 11.7 Å². The number of methoxy groups -OCH3 is 1. The molecule has 0 bridgehead atoms. The topological polar surface area (TPSA) is 75.2 Å². The van der Waals surface area contributed by atoms with Crippen LogP contribution in [-0.4, -0.2) is 37.6 Å². The van der Waals surface area contributed by atoms with E-state index in [-0.39, 0.29) is 5.84 Å². The van der Waals surface area contributed by atoms with Crippen molar-refractivity contribution < 1.29 is 4.74 Å². The van der Waals surface area contributed by atoms with Crippen LogP contribution in [0.2, 0.25) is 0 Å². The number of nitrogen functional groups attached to an aromatic ring is 1. The first-order chi connectivity index (χ1) is 8.11. The van der Waals surface area contributed by atoms with E-state index in [1.54, 1.807) is 13.3 Å². The minimum atomic E-state index is 0.0569. The summed E-state index contributed by atoms with van der Waals surface area (Å²) in [5, 5.41) is 7.64. The van der Waals surface area contributed by atoms with Gasteiger partial charge in [0.25, 0.3) is 0 Å². The predicted octanol–water partition coefficient (Wildman–Crippen LogP) is 1.15. The van der Waals surface area contributed by atoms with Gasteiger partial charge in [-0.25, -0.2) is 4.98 Å². The van der Waals surface area contributed by atoms with Gasteiger partial charge in [0.05, 0.1) is 12.2 Å². The standard InChI is InChI=1S/C12H20N4O/c1-4-16(7-8-17-3)12-10(11(13)14)9(2)5-6-15-12/h5-6H,4,7-8H2,1-3H3,(H3,13,14). The molecule has 0 unspecified atom stereocenters. The lowest BCUT2D eigenvalue weighted by Gasteiger charge is -2.24. The first-order valence-electron chi connectivity index (χ1n) is 5.65. The van der Waals surface area contributed by atoms with Crippen LogP contribution in [-0.2, 0) is 4.74 Å². The molecule has 1 aromatic rings. The molecule has 0 atom stereocenters. The van der Waals surface area contributed by atoms with E-state index in [9.17, 15) is 0 Å². The number of pyridine rings is 1. The van der Waals surface area contributed by atoms with Crippen LogP contribution >= 0.6 is 0 Å². The molecule has 94 valence electrons. The van der Waals surface area contributed by atoms with E-state index in [0.717, 1.165) is 24.5 Å². The van der Waals surface area contributed by atoms with Crippen LogP contribution in [0, 0.1) is 12.3 Å². The number of nitrogens with one attached hydrogen (secondary N) is 1. The number of anilines is 1. The lowest BCUT2D eigenvalue weighted by atomic mass is 10.1. The van der Waals surface area contributed by atoms with Gasteiger partial charge in [0.15, 0.2) is 0 Å². The molecule has 17 heavy (non-hydrogen) atoms. The van der Waals surface area contributed by atoms with Crippen LogP contribution in [0.25, 0.3) is 0 Å². The Bertz CT molecular complexity index is 392. The monoisotopic (exact) mass is 236 g/mol. The van der Waals surface area contributed by atoms with E-state index in [0.29, 0.717) is 12.2 Å². The molecule has 0 amide bonds. The highest BCUT2D eigenvalue weighted by molar-refractivity contribution is 6.00. The maximum atomic E-state index is 7.64. The highest BCUT2D eigenvalue weighted by Crippen LogP contribution is 2.20. The SMILES string of the molecule is CCN(CCOC)c1nccc(C)c1C(=N)N. The molecule has 3 N–H and O–H groups in total. The zero-order valence-corrected chi connectivity index (χ0v) is 10.7. The summed E-state index contributed by atoms with van der Waals surface area (Å²) in [4.78, 5) is 6.40. The number of aryl methyl sites for hydroxylation is 1. The third-order valence-corrected chi connectivity index (χ3v) is 2.66. The fourth-order valence-electron chi connectivity index (χ4n) is 1.73. The van der Waals surface area contributed by atoms with Crippen molar-refractivity contribution in [3.8, 4) is 0 Å². The second-order valence-corrected chi connectivity index (χ2v) is 3.81. The lowest BCUT2D eigenvalue weighted by molar-refractivity contribution is 0.205. The third-order valence-electron chi connectivity index (χ3n) is 2.66. The van der Waals surface area contributed by atoms with Gasteiger partial charge in [-0.2, -0.15) is 0 Å². The van der Waals surface area contributed by atoms with Gasteiger partial charge in [-0.15, -0.1) is 0 Å². The largest absolute Gasteiger partial charge is 0.384 e. The Morgan fingerprint density at radius 1 is 1.59 bits per heavy atom. The number of hydrogen-bond donors (Lipinski definition) is 2. The summed E-state index contributed by atoms with van der Waals surface area (Å²) in [6, 6.07) is 1.87. The van der Waals surface area contributed by atoms with E-state index < -0.39 is 0 Å². The number of hydrogen-bond acceptors (Lipinski definition) is 4. The smallest absolute Gasteiger partial charge is 0.139 e. The summed E-state index contributed by atoms with van der Waals surface area (Å²) in [6.07, 6.45) is 1.74. The van der Waals surface area contributed by atoms with E-state index in [1.807, 2.05) is 19.9 Å². The second kappa shape index (κ2) is 6.20. The molecule has 0 aromatic carbocycles. The summed E-state index contributed by atoms with van der Waals surface area (Å²) in [5.74, 6) is 0.818. The summed E-state index contributed by atoms with van der Waals surface area (Å²) in [5.41, 5.74) is 7.31. The normalized spacial score (nSPS) is 10.3. The molecule has 0 saturated carbocycles. The van der Waals surface area contributed by atoms with Gasteiger partial charge in [-0.05, 0) is 25.5 Å². The van der Waals surface area contributed by atoms with Gasteiger partial charge in [0.1, 0.15) is 11.7 Å². The quantitative estimate of drug-likeness (QED) is 0.574. The molecule has 1 aromatic heterocycles. The highest BCUT2D eigenvalue weighted by atomic mass is 16.5. The third kappa shape index (κ3) is 3.17. The van der Waals surface area contributed by atoms with Gasteiger partial charge in [0.2, 0.25) is 0 Å². The van der Waals surface area contributed by atoms with Gasteiger partial charge >= 0.3 is 0 Å². The Kier molecular flexibility index (Phi) is 4.90. The van der Waals surface area contributed by atoms with Crippen LogP contribution in [0.15, 0.2) is 12.3 Å². The average molecular weight is 236 g/mol. The Morgan fingerprint density at radius 2 is 2.29 bits per heavy atom. The molecule has 0 fully saturated rings. The lowest BCUT2D eigenvalue weighted by Crippen LogP contribution is -2.30. The molecular weight excluding hydrogens is 216 g/mol. The van der Waals surface area contributed by atoms with E-state index >= 15 is 0 Å². The van der Waals surface area contributed by atoms with Crippen molar-refractivity contribution in [2.45, 2.75) is 13.8 Å². The molecular formula is C12H20N4O. The zero-order valence-electron chi connectivity index (χ0n) is 10.7. The number of nitrogens with zero attached hydrogens (tertiary/aromatic N) is 2. The maximum Gasteiger partial charge on any atom is 0.139 e. The Morgan fingerprint density at radius 3 is 2.82 bits per heavy atom. The predicted molar refractivity (Wildman–Crippen MR) is 69.8 cm³/mol. The summed E-state index contributed by atoms with van der Waals surface area (Å²) in [6.45, 7) is 6.15. The molecule has 0 aliphatic rings. The van der Waals surface area contributed by atoms with Crippen molar-refractivity contribution in [3.05, 3.63) is 23.4 Å². The summed E-state index contributed by atoms with van der Waals surface area (Å²) >= 11 is 0. The number of amidine groups is 1. The van der Waals surface area contributed by atoms with E-state index in [4.69, 9.17) is 15.9 Å². The van der Waals surface area contributed by atoms with Crippen LogP contribution < -0.4 is 10.6 Å². The molecule has 0 aliphatic heterocycles. The Hall–Kier alpha value is -1.62. The van der Waals surface area contributed by atoms with E-state index in [2.05, 4.69) is 9.88 Å². The van der Waals surface area contributed by atoms with Crippen molar-refractivity contribution in [3.63, 3.8) is 0 Å². The van der Waals surface area contributed by atoms with Gasteiger partial charge in [-0.3, -0.25) is 5.41 Å². The number of nitrogens with two attached hydrogens (primary N) is 1. The number of ether oxygens (including phenoxy) is 1. The second-order valence-electron chi connectivity index (χ2n) is 3.81. The molecule has 5 nitrogen and oxygen atoms in total. The van der Waals surface area contributed by atoms with Gasteiger partial charge in [0, 0.05) is 26.4 Å². The molecule has 5 heteroatoms. The fourth-order valence-corrected chi connectivity index (χ4v) is 1.73. The van der Waals surface area contributed by atoms with Crippen LogP contribution in [0.4, 0.5) is 5.82 Å². The number of aromatic nitrogens is 1.